The maximum atomic E-state index is 12.9. The number of Topliss-reactive ketones (excluding diaryl/α,β-unsaturated/α-hetero) is 1. The number of para-hydroxylation sites is 1. The summed E-state index contributed by atoms with van der Waals surface area (Å²) in [6.07, 6.45) is 1.79. The van der Waals surface area contributed by atoms with E-state index in [1.165, 1.54) is 16.1 Å². The highest BCUT2D eigenvalue weighted by Gasteiger charge is 2.31. The molecule has 0 spiro atoms. The summed E-state index contributed by atoms with van der Waals surface area (Å²) in [5, 5.41) is 1.13. The number of anilines is 1. The SMILES string of the molecule is CCN1C(=C2CCc3ccccc3C2=O)Sc2ccccc21. The van der Waals surface area contributed by atoms with Crippen LogP contribution in [0.25, 0.3) is 0 Å². The van der Waals surface area contributed by atoms with Gasteiger partial charge >= 0.3 is 0 Å². The van der Waals surface area contributed by atoms with Gasteiger partial charge in [0.2, 0.25) is 0 Å². The summed E-state index contributed by atoms with van der Waals surface area (Å²) in [5.74, 6) is 0.204. The average Bonchev–Trinajstić information content (AvgIpc) is 2.93. The molecule has 1 heterocycles. The molecule has 0 unspecified atom stereocenters. The maximum absolute atomic E-state index is 12.9. The standard InChI is InChI=1S/C19H17NOS/c1-2-20-16-9-5-6-10-17(16)22-19(20)15-12-11-13-7-3-4-8-14(13)18(15)21/h3-10H,2,11-12H2,1H3. The number of hydrogen-bond donors (Lipinski definition) is 0. The lowest BCUT2D eigenvalue weighted by Gasteiger charge is -2.24. The lowest BCUT2D eigenvalue weighted by Crippen LogP contribution is -2.23. The molecule has 0 fully saturated rings. The van der Waals surface area contributed by atoms with Crippen molar-refractivity contribution in [3.8, 4) is 0 Å². The summed E-state index contributed by atoms with van der Waals surface area (Å²) in [7, 11) is 0. The molecule has 0 saturated carbocycles. The normalized spacial score (nSPS) is 20.0. The van der Waals surface area contributed by atoms with Crippen LogP contribution in [0.2, 0.25) is 0 Å². The molecule has 0 atom stereocenters. The lowest BCUT2D eigenvalue weighted by atomic mass is 9.87. The van der Waals surface area contributed by atoms with E-state index < -0.39 is 0 Å². The fraction of sp³-hybridized carbons (Fsp3) is 0.211. The molecule has 4 rings (SSSR count). The number of thioether (sulfide) groups is 1. The number of ketones is 1. The molecule has 0 radical (unpaired) electrons. The molecule has 1 aliphatic heterocycles. The first-order valence-electron chi connectivity index (χ1n) is 7.69. The summed E-state index contributed by atoms with van der Waals surface area (Å²) in [4.78, 5) is 16.4. The van der Waals surface area contributed by atoms with Crippen LogP contribution in [0.15, 0.2) is 64.0 Å². The van der Waals surface area contributed by atoms with Crippen LogP contribution < -0.4 is 4.90 Å². The van der Waals surface area contributed by atoms with Crippen LogP contribution in [-0.4, -0.2) is 12.3 Å². The number of fused-ring (bicyclic) bond motifs is 2. The highest BCUT2D eigenvalue weighted by molar-refractivity contribution is 8.03. The lowest BCUT2D eigenvalue weighted by molar-refractivity contribution is 0.102. The van der Waals surface area contributed by atoms with Crippen LogP contribution >= 0.6 is 11.8 Å². The Morgan fingerprint density at radius 2 is 1.82 bits per heavy atom. The Morgan fingerprint density at radius 1 is 1.05 bits per heavy atom. The van der Waals surface area contributed by atoms with E-state index in [2.05, 4.69) is 42.2 Å². The second kappa shape index (κ2) is 5.33. The predicted molar refractivity (Wildman–Crippen MR) is 91.4 cm³/mol. The molecule has 2 nitrogen and oxygen atoms in total. The number of carbonyl (C=O) groups excluding carboxylic acids is 1. The number of aryl methyl sites for hydroxylation is 1. The van der Waals surface area contributed by atoms with Gasteiger partial charge in [0.15, 0.2) is 5.78 Å². The largest absolute Gasteiger partial charge is 0.335 e. The Kier molecular flexibility index (Phi) is 3.30. The van der Waals surface area contributed by atoms with Crippen molar-refractivity contribution in [2.45, 2.75) is 24.7 Å². The summed E-state index contributed by atoms with van der Waals surface area (Å²) in [5.41, 5.74) is 4.26. The Labute approximate surface area is 134 Å². The molecule has 3 heteroatoms. The van der Waals surface area contributed by atoms with Gasteiger partial charge in [0.25, 0.3) is 0 Å². The van der Waals surface area contributed by atoms with E-state index in [0.29, 0.717) is 0 Å². The Balaban J connectivity index is 1.82. The van der Waals surface area contributed by atoms with Gasteiger partial charge in [-0.15, -0.1) is 0 Å². The third-order valence-corrected chi connectivity index (χ3v) is 5.59. The molecule has 2 aromatic carbocycles. The number of allylic oxidation sites excluding steroid dienone is 1. The van der Waals surface area contributed by atoms with Gasteiger partial charge in [-0.2, -0.15) is 0 Å². The average molecular weight is 307 g/mol. The molecule has 0 bridgehead atoms. The molecular weight excluding hydrogens is 290 g/mol. The zero-order chi connectivity index (χ0) is 15.1. The van der Waals surface area contributed by atoms with Gasteiger partial charge in [-0.3, -0.25) is 4.79 Å². The smallest absolute Gasteiger partial charge is 0.191 e. The van der Waals surface area contributed by atoms with E-state index in [9.17, 15) is 4.79 Å². The number of benzene rings is 2. The van der Waals surface area contributed by atoms with Crippen LogP contribution in [0.5, 0.6) is 0 Å². The van der Waals surface area contributed by atoms with Gasteiger partial charge in [0.05, 0.1) is 10.7 Å². The second-order valence-corrected chi connectivity index (χ2v) is 6.61. The monoisotopic (exact) mass is 307 g/mol. The fourth-order valence-electron chi connectivity index (χ4n) is 3.27. The van der Waals surface area contributed by atoms with Crippen molar-refractivity contribution in [3.63, 3.8) is 0 Å². The first kappa shape index (κ1) is 13.6. The Morgan fingerprint density at radius 3 is 2.68 bits per heavy atom. The van der Waals surface area contributed by atoms with Crippen LogP contribution in [0, 0.1) is 0 Å². The fourth-order valence-corrected chi connectivity index (χ4v) is 4.57. The molecule has 1 aliphatic carbocycles. The first-order chi connectivity index (χ1) is 10.8. The van der Waals surface area contributed by atoms with E-state index in [4.69, 9.17) is 0 Å². The Bertz CT molecular complexity index is 794. The van der Waals surface area contributed by atoms with Crippen LogP contribution in [0.4, 0.5) is 5.69 Å². The summed E-state index contributed by atoms with van der Waals surface area (Å²) in [6.45, 7) is 3.03. The molecule has 2 aliphatic rings. The van der Waals surface area contributed by atoms with Crippen molar-refractivity contribution in [3.05, 3.63) is 70.3 Å². The minimum atomic E-state index is 0.204. The summed E-state index contributed by atoms with van der Waals surface area (Å²) < 4.78 is 0. The molecule has 0 saturated heterocycles. The van der Waals surface area contributed by atoms with Gasteiger partial charge in [-0.05, 0) is 37.5 Å². The Hall–Kier alpha value is -2.00. The van der Waals surface area contributed by atoms with E-state index >= 15 is 0 Å². The predicted octanol–water partition coefficient (Wildman–Crippen LogP) is 4.66. The van der Waals surface area contributed by atoms with Crippen molar-refractivity contribution in [1.29, 1.82) is 0 Å². The zero-order valence-electron chi connectivity index (χ0n) is 12.5. The summed E-state index contributed by atoms with van der Waals surface area (Å²) >= 11 is 1.74. The van der Waals surface area contributed by atoms with Crippen molar-refractivity contribution in [2.75, 3.05) is 11.4 Å². The first-order valence-corrected chi connectivity index (χ1v) is 8.51. The summed E-state index contributed by atoms with van der Waals surface area (Å²) in [6, 6.07) is 16.4. The molecule has 2 aromatic rings. The van der Waals surface area contributed by atoms with Crippen molar-refractivity contribution in [2.24, 2.45) is 0 Å². The highest BCUT2D eigenvalue weighted by Crippen LogP contribution is 2.48. The molecular formula is C19H17NOS. The number of carbonyl (C=O) groups is 1. The minimum absolute atomic E-state index is 0.204. The molecule has 110 valence electrons. The number of nitrogens with zero attached hydrogens (tertiary/aromatic N) is 1. The molecule has 0 aromatic heterocycles. The molecule has 0 N–H and O–H groups in total. The van der Waals surface area contributed by atoms with E-state index in [-0.39, 0.29) is 5.78 Å². The van der Waals surface area contributed by atoms with Gasteiger partial charge in [-0.25, -0.2) is 0 Å². The quantitative estimate of drug-likeness (QED) is 0.715. The molecule has 22 heavy (non-hydrogen) atoms. The van der Waals surface area contributed by atoms with Gasteiger partial charge in [0.1, 0.15) is 0 Å². The van der Waals surface area contributed by atoms with E-state index in [1.54, 1.807) is 11.8 Å². The van der Waals surface area contributed by atoms with Crippen molar-refractivity contribution >= 4 is 23.2 Å². The van der Waals surface area contributed by atoms with Crippen molar-refractivity contribution in [1.82, 2.24) is 0 Å². The topological polar surface area (TPSA) is 20.3 Å². The van der Waals surface area contributed by atoms with Crippen molar-refractivity contribution < 1.29 is 4.79 Å². The third-order valence-electron chi connectivity index (χ3n) is 4.36. The zero-order valence-corrected chi connectivity index (χ0v) is 13.3. The number of rotatable bonds is 1. The van der Waals surface area contributed by atoms with Gasteiger partial charge in [-0.1, -0.05) is 48.2 Å². The van der Waals surface area contributed by atoms with Gasteiger partial charge in [0, 0.05) is 22.6 Å². The van der Waals surface area contributed by atoms with E-state index in [1.807, 2.05) is 18.2 Å². The third kappa shape index (κ3) is 2.00. The van der Waals surface area contributed by atoms with Crippen LogP contribution in [0.3, 0.4) is 0 Å². The highest BCUT2D eigenvalue weighted by atomic mass is 32.2. The molecule has 0 amide bonds. The van der Waals surface area contributed by atoms with Crippen LogP contribution in [0.1, 0.15) is 29.3 Å². The second-order valence-electron chi connectivity index (χ2n) is 5.58. The minimum Gasteiger partial charge on any atom is -0.335 e. The number of hydrogen-bond acceptors (Lipinski definition) is 3. The van der Waals surface area contributed by atoms with Crippen LogP contribution in [-0.2, 0) is 6.42 Å². The van der Waals surface area contributed by atoms with E-state index in [0.717, 1.165) is 35.6 Å². The maximum Gasteiger partial charge on any atom is 0.191 e. The van der Waals surface area contributed by atoms with Gasteiger partial charge < -0.3 is 4.90 Å².